The maximum absolute atomic E-state index is 11.5. The van der Waals surface area contributed by atoms with Crippen molar-refractivity contribution in [3.05, 3.63) is 34.4 Å². The number of nitrogens with zero attached hydrogens (tertiary/aromatic N) is 1. The van der Waals surface area contributed by atoms with Gasteiger partial charge in [-0.3, -0.25) is 19.7 Å². The molecular formula is C15H18N2O8. The second-order valence-electron chi connectivity index (χ2n) is 5.41. The Morgan fingerprint density at radius 1 is 1.36 bits per heavy atom. The van der Waals surface area contributed by atoms with Gasteiger partial charge in [-0.1, -0.05) is 12.1 Å². The normalized spacial score (nSPS) is 25.7. The van der Waals surface area contributed by atoms with Gasteiger partial charge in [-0.05, 0) is 6.07 Å². The first-order chi connectivity index (χ1) is 11.8. The molecule has 1 aliphatic rings. The zero-order valence-electron chi connectivity index (χ0n) is 13.6. The molecule has 10 heteroatoms. The smallest absolute Gasteiger partial charge is 0.311 e. The van der Waals surface area contributed by atoms with Crippen molar-refractivity contribution in [2.45, 2.75) is 38.4 Å². The van der Waals surface area contributed by atoms with Crippen molar-refractivity contribution in [2.75, 3.05) is 6.61 Å². The van der Waals surface area contributed by atoms with E-state index in [4.69, 9.17) is 14.2 Å². The van der Waals surface area contributed by atoms with E-state index in [1.807, 2.05) is 0 Å². The molecular weight excluding hydrogens is 336 g/mol. The van der Waals surface area contributed by atoms with Gasteiger partial charge in [0.05, 0.1) is 11.5 Å². The third-order valence-corrected chi connectivity index (χ3v) is 3.43. The highest BCUT2D eigenvalue weighted by Crippen LogP contribution is 2.29. The summed E-state index contributed by atoms with van der Waals surface area (Å²) in [6.45, 7) is 2.15. The van der Waals surface area contributed by atoms with Crippen LogP contribution in [0.25, 0.3) is 0 Å². The van der Waals surface area contributed by atoms with E-state index in [-0.39, 0.29) is 18.0 Å². The maximum atomic E-state index is 11.5. The van der Waals surface area contributed by atoms with Crippen molar-refractivity contribution in [2.24, 2.45) is 0 Å². The number of aliphatic hydroxyl groups is 1. The number of aliphatic hydroxyl groups excluding tert-OH is 1. The van der Waals surface area contributed by atoms with E-state index in [1.165, 1.54) is 31.2 Å². The third-order valence-electron chi connectivity index (χ3n) is 3.43. The minimum atomic E-state index is -1.20. The molecule has 25 heavy (non-hydrogen) atoms. The number of nitro benzene ring substituents is 1. The molecule has 0 unspecified atom stereocenters. The van der Waals surface area contributed by atoms with Gasteiger partial charge in [0.15, 0.2) is 11.9 Å². The predicted octanol–water partition coefficient (Wildman–Crippen LogP) is 0.127. The molecule has 136 valence electrons. The van der Waals surface area contributed by atoms with Gasteiger partial charge in [0.1, 0.15) is 12.1 Å². The van der Waals surface area contributed by atoms with Crippen molar-refractivity contribution in [3.63, 3.8) is 0 Å². The van der Waals surface area contributed by atoms with Crippen LogP contribution in [0.5, 0.6) is 5.75 Å². The maximum Gasteiger partial charge on any atom is 0.311 e. The van der Waals surface area contributed by atoms with Gasteiger partial charge in [-0.25, -0.2) is 0 Å². The summed E-state index contributed by atoms with van der Waals surface area (Å²) < 4.78 is 16.0. The molecule has 0 aromatic heterocycles. The molecule has 10 nitrogen and oxygen atoms in total. The van der Waals surface area contributed by atoms with Gasteiger partial charge in [0.25, 0.3) is 0 Å². The highest BCUT2D eigenvalue weighted by molar-refractivity contribution is 5.73. The molecule has 1 aromatic carbocycles. The summed E-state index contributed by atoms with van der Waals surface area (Å²) in [4.78, 5) is 33.2. The lowest BCUT2D eigenvalue weighted by atomic mass is 10.0. The monoisotopic (exact) mass is 354 g/mol. The van der Waals surface area contributed by atoms with Gasteiger partial charge in [0.2, 0.25) is 12.2 Å². The van der Waals surface area contributed by atoms with E-state index in [9.17, 15) is 24.8 Å². The van der Waals surface area contributed by atoms with Crippen molar-refractivity contribution >= 4 is 17.6 Å². The topological polar surface area (TPSA) is 137 Å². The summed E-state index contributed by atoms with van der Waals surface area (Å²) in [6.07, 6.45) is -3.51. The van der Waals surface area contributed by atoms with Crippen LogP contribution in [0, 0.1) is 10.1 Å². The number of para-hydroxylation sites is 2. The predicted molar refractivity (Wildman–Crippen MR) is 82.6 cm³/mol. The number of carbonyl (C=O) groups excluding carboxylic acids is 2. The summed E-state index contributed by atoms with van der Waals surface area (Å²) in [6, 6.07) is 4.59. The van der Waals surface area contributed by atoms with Gasteiger partial charge in [-0.15, -0.1) is 0 Å². The summed E-state index contributed by atoms with van der Waals surface area (Å²) in [5.74, 6) is -1.22. The molecule has 4 atom stereocenters. The summed E-state index contributed by atoms with van der Waals surface area (Å²) >= 11 is 0. The molecule has 2 N–H and O–H groups in total. The quantitative estimate of drug-likeness (QED) is 0.432. The Bertz CT molecular complexity index is 665. The number of hydrogen-bond acceptors (Lipinski definition) is 8. The van der Waals surface area contributed by atoms with Crippen molar-refractivity contribution in [1.82, 2.24) is 5.32 Å². The van der Waals surface area contributed by atoms with E-state index in [1.54, 1.807) is 0 Å². The van der Waals surface area contributed by atoms with Crippen LogP contribution in [0.15, 0.2) is 24.3 Å². The fourth-order valence-corrected chi connectivity index (χ4v) is 2.45. The first-order valence-electron chi connectivity index (χ1n) is 7.43. The zero-order chi connectivity index (χ0) is 18.6. The van der Waals surface area contributed by atoms with Crippen LogP contribution in [0.1, 0.15) is 13.8 Å². The fraction of sp³-hybridized carbons (Fsp3) is 0.467. The summed E-state index contributed by atoms with van der Waals surface area (Å²) in [5, 5.41) is 23.6. The fourth-order valence-electron chi connectivity index (χ4n) is 2.45. The minimum Gasteiger partial charge on any atom is -0.457 e. The molecule has 2 rings (SSSR count). The largest absolute Gasteiger partial charge is 0.457 e. The van der Waals surface area contributed by atoms with Crippen LogP contribution in [-0.4, -0.2) is 53.1 Å². The highest BCUT2D eigenvalue weighted by Gasteiger charge is 2.44. The summed E-state index contributed by atoms with van der Waals surface area (Å²) in [5.41, 5.74) is -0.289. The second kappa shape index (κ2) is 7.90. The van der Waals surface area contributed by atoms with Gasteiger partial charge in [0, 0.05) is 19.9 Å². The Morgan fingerprint density at radius 3 is 2.64 bits per heavy atom. The van der Waals surface area contributed by atoms with Gasteiger partial charge >= 0.3 is 11.7 Å². The molecule has 0 spiro atoms. The molecule has 1 fully saturated rings. The van der Waals surface area contributed by atoms with Crippen LogP contribution in [0.3, 0.4) is 0 Å². The average molecular weight is 354 g/mol. The van der Waals surface area contributed by atoms with Gasteiger partial charge in [-0.2, -0.15) is 0 Å². The zero-order valence-corrected chi connectivity index (χ0v) is 13.6. The van der Waals surface area contributed by atoms with Crippen LogP contribution in [0.2, 0.25) is 0 Å². The lowest BCUT2D eigenvalue weighted by Crippen LogP contribution is -2.63. The second-order valence-corrected chi connectivity index (χ2v) is 5.41. The van der Waals surface area contributed by atoms with E-state index in [0.29, 0.717) is 0 Å². The van der Waals surface area contributed by atoms with Crippen molar-refractivity contribution < 1.29 is 33.8 Å². The number of rotatable bonds is 5. The number of nitrogens with one attached hydrogen (secondary N) is 1. The molecule has 0 aliphatic carbocycles. The van der Waals surface area contributed by atoms with Crippen molar-refractivity contribution in [1.29, 1.82) is 0 Å². The van der Waals surface area contributed by atoms with Crippen LogP contribution >= 0.6 is 0 Å². The Balaban J connectivity index is 2.29. The minimum absolute atomic E-state index is 0.0779. The SMILES string of the molecule is CC(=O)N[C@H]1[C@H](Oc2ccccc2[N+](=O)[O-])OC[C@@H](O)[C@@H]1OC(C)=O. The molecule has 0 radical (unpaired) electrons. The number of hydrogen-bond donors (Lipinski definition) is 2. The Labute approximate surface area is 142 Å². The third kappa shape index (κ3) is 4.64. The lowest BCUT2D eigenvalue weighted by molar-refractivity contribution is -0.386. The molecule has 0 bridgehead atoms. The molecule has 1 heterocycles. The van der Waals surface area contributed by atoms with Crippen LogP contribution in [0.4, 0.5) is 5.69 Å². The number of amides is 1. The molecule has 1 amide bonds. The van der Waals surface area contributed by atoms with Crippen LogP contribution in [-0.2, 0) is 19.1 Å². The number of carbonyl (C=O) groups is 2. The first kappa shape index (κ1) is 18.6. The number of ether oxygens (including phenoxy) is 3. The molecule has 1 aliphatic heterocycles. The Morgan fingerprint density at radius 2 is 2.04 bits per heavy atom. The average Bonchev–Trinajstić information content (AvgIpc) is 2.53. The number of esters is 1. The number of benzene rings is 1. The lowest BCUT2D eigenvalue weighted by Gasteiger charge is -2.39. The van der Waals surface area contributed by atoms with E-state index >= 15 is 0 Å². The molecule has 1 aromatic rings. The Hall–Kier alpha value is -2.72. The highest BCUT2D eigenvalue weighted by atomic mass is 16.7. The number of nitro groups is 1. The standard InChI is InChI=1S/C15H18N2O8/c1-8(18)16-13-14(24-9(2)19)11(20)7-23-15(13)25-12-6-4-3-5-10(12)17(21)22/h3-6,11,13-15,20H,7H2,1-2H3,(H,16,18)/t11-,13-,14+,15+/m1/s1. The molecule has 1 saturated heterocycles. The van der Waals surface area contributed by atoms with E-state index < -0.39 is 41.3 Å². The van der Waals surface area contributed by atoms with Gasteiger partial charge < -0.3 is 24.6 Å². The summed E-state index contributed by atoms with van der Waals surface area (Å²) in [7, 11) is 0. The van der Waals surface area contributed by atoms with E-state index in [2.05, 4.69) is 5.32 Å². The first-order valence-corrected chi connectivity index (χ1v) is 7.43. The molecule has 0 saturated carbocycles. The van der Waals surface area contributed by atoms with Crippen LogP contribution < -0.4 is 10.1 Å². The van der Waals surface area contributed by atoms with Crippen molar-refractivity contribution in [3.8, 4) is 5.75 Å². The Kier molecular flexibility index (Phi) is 5.88. The van der Waals surface area contributed by atoms with E-state index in [0.717, 1.165) is 6.92 Å².